The molecule has 0 aliphatic carbocycles. The number of nitrogens with one attached hydrogen (secondary N) is 1. The molecule has 0 fully saturated rings. The molecule has 0 spiro atoms. The lowest BCUT2D eigenvalue weighted by molar-refractivity contribution is 0.0957. The molecule has 0 unspecified atom stereocenters. The van der Waals surface area contributed by atoms with Gasteiger partial charge in [0.15, 0.2) is 10.8 Å². The summed E-state index contributed by atoms with van der Waals surface area (Å²) < 4.78 is 5.53. The van der Waals surface area contributed by atoms with Crippen LogP contribution in [0, 0.1) is 0 Å². The molecule has 0 aliphatic heterocycles. The van der Waals surface area contributed by atoms with Crippen LogP contribution in [0.5, 0.6) is 0 Å². The van der Waals surface area contributed by atoms with Gasteiger partial charge in [-0.3, -0.25) is 4.79 Å². The Kier molecular flexibility index (Phi) is 6.13. The molecule has 162 valence electrons. The lowest BCUT2D eigenvalue weighted by Crippen LogP contribution is -2.28. The van der Waals surface area contributed by atoms with Crippen molar-refractivity contribution in [3.63, 3.8) is 0 Å². The van der Waals surface area contributed by atoms with Gasteiger partial charge in [0.1, 0.15) is 4.88 Å². The van der Waals surface area contributed by atoms with Crippen LogP contribution in [0.25, 0.3) is 22.0 Å². The Labute approximate surface area is 196 Å². The molecule has 1 N–H and O–H groups in total. The molecular formula is C28H22N2O2S. The summed E-state index contributed by atoms with van der Waals surface area (Å²) in [5.41, 5.74) is 3.89. The minimum Gasteiger partial charge on any atom is -0.462 e. The van der Waals surface area contributed by atoms with E-state index in [0.29, 0.717) is 27.9 Å². The van der Waals surface area contributed by atoms with Crippen molar-refractivity contribution in [1.82, 2.24) is 10.3 Å². The first-order valence-electron chi connectivity index (χ1n) is 10.8. The van der Waals surface area contributed by atoms with Gasteiger partial charge in [-0.1, -0.05) is 91.0 Å². The summed E-state index contributed by atoms with van der Waals surface area (Å²) in [6.07, 6.45) is 1.61. The van der Waals surface area contributed by atoms with Crippen molar-refractivity contribution >= 4 is 17.2 Å². The van der Waals surface area contributed by atoms with Crippen LogP contribution < -0.4 is 5.32 Å². The van der Waals surface area contributed by atoms with Gasteiger partial charge in [-0.05, 0) is 23.3 Å². The Hall–Kier alpha value is -3.96. The summed E-state index contributed by atoms with van der Waals surface area (Å²) in [6.45, 7) is 0.481. The molecule has 1 amide bonds. The summed E-state index contributed by atoms with van der Waals surface area (Å²) in [4.78, 5) is 18.7. The van der Waals surface area contributed by atoms with E-state index in [0.717, 1.165) is 16.7 Å². The summed E-state index contributed by atoms with van der Waals surface area (Å²) in [6, 6.07) is 34.0. The zero-order chi connectivity index (χ0) is 22.5. The van der Waals surface area contributed by atoms with E-state index < -0.39 is 0 Å². The Morgan fingerprint density at radius 3 is 2.00 bits per heavy atom. The number of rotatable bonds is 7. The molecule has 2 aromatic heterocycles. The molecular weight excluding hydrogens is 428 g/mol. The van der Waals surface area contributed by atoms with Crippen molar-refractivity contribution in [2.75, 3.05) is 6.54 Å². The fraction of sp³-hybridized carbons (Fsp3) is 0.0714. The molecule has 5 heteroatoms. The average molecular weight is 451 g/mol. The van der Waals surface area contributed by atoms with E-state index in [4.69, 9.17) is 9.40 Å². The maximum absolute atomic E-state index is 13.4. The molecule has 33 heavy (non-hydrogen) atoms. The molecule has 0 atom stereocenters. The molecule has 5 aromatic rings. The summed E-state index contributed by atoms with van der Waals surface area (Å²) >= 11 is 1.35. The van der Waals surface area contributed by atoms with Gasteiger partial charge in [0.25, 0.3) is 5.91 Å². The number of carbonyl (C=O) groups excluding carboxylic acids is 1. The first-order valence-corrected chi connectivity index (χ1v) is 11.6. The van der Waals surface area contributed by atoms with E-state index in [1.54, 1.807) is 6.26 Å². The number of furan rings is 1. The highest BCUT2D eigenvalue weighted by atomic mass is 32.1. The maximum Gasteiger partial charge on any atom is 0.263 e. The van der Waals surface area contributed by atoms with Crippen molar-refractivity contribution in [2.24, 2.45) is 0 Å². The second-order valence-corrected chi connectivity index (χ2v) is 8.62. The van der Waals surface area contributed by atoms with Crippen molar-refractivity contribution < 1.29 is 9.21 Å². The number of carbonyl (C=O) groups is 1. The van der Waals surface area contributed by atoms with E-state index in [1.807, 2.05) is 78.9 Å². The predicted molar refractivity (Wildman–Crippen MR) is 132 cm³/mol. The minimum absolute atomic E-state index is 0.0500. The predicted octanol–water partition coefficient (Wildman–Crippen LogP) is 6.63. The fourth-order valence-electron chi connectivity index (χ4n) is 3.85. The van der Waals surface area contributed by atoms with Gasteiger partial charge >= 0.3 is 0 Å². The minimum atomic E-state index is -0.138. The zero-order valence-electron chi connectivity index (χ0n) is 17.8. The smallest absolute Gasteiger partial charge is 0.263 e. The molecule has 4 nitrogen and oxygen atoms in total. The van der Waals surface area contributed by atoms with E-state index in [-0.39, 0.29) is 11.8 Å². The van der Waals surface area contributed by atoms with Crippen LogP contribution in [-0.4, -0.2) is 17.4 Å². The standard InChI is InChI=1S/C28H22N2O2S/c31-27(29-19-23(20-11-4-1-5-12-20)21-13-6-2-7-14-21)26-25(22-15-8-3-9-16-22)30-28(33-26)24-17-10-18-32-24/h1-18,23H,19H2,(H,29,31). The van der Waals surface area contributed by atoms with Gasteiger partial charge in [-0.15, -0.1) is 11.3 Å². The van der Waals surface area contributed by atoms with Crippen LogP contribution in [0.4, 0.5) is 0 Å². The fourth-order valence-corrected chi connectivity index (χ4v) is 4.82. The van der Waals surface area contributed by atoms with Gasteiger partial charge < -0.3 is 9.73 Å². The number of hydrogen-bond acceptors (Lipinski definition) is 4. The summed E-state index contributed by atoms with van der Waals surface area (Å²) in [5.74, 6) is 0.567. The number of aromatic nitrogens is 1. The third-order valence-electron chi connectivity index (χ3n) is 5.48. The van der Waals surface area contributed by atoms with E-state index in [1.165, 1.54) is 11.3 Å². The van der Waals surface area contributed by atoms with Crippen molar-refractivity contribution in [3.8, 4) is 22.0 Å². The second kappa shape index (κ2) is 9.67. The first kappa shape index (κ1) is 20.9. The van der Waals surface area contributed by atoms with Gasteiger partial charge in [-0.25, -0.2) is 4.98 Å². The molecule has 0 aliphatic rings. The Morgan fingerprint density at radius 2 is 1.42 bits per heavy atom. The Balaban J connectivity index is 1.45. The lowest BCUT2D eigenvalue weighted by atomic mass is 9.91. The monoisotopic (exact) mass is 450 g/mol. The van der Waals surface area contributed by atoms with Crippen LogP contribution >= 0.6 is 11.3 Å². The molecule has 0 saturated carbocycles. The lowest BCUT2D eigenvalue weighted by Gasteiger charge is -2.19. The van der Waals surface area contributed by atoms with Crippen LogP contribution in [0.1, 0.15) is 26.7 Å². The van der Waals surface area contributed by atoms with Crippen molar-refractivity contribution in [2.45, 2.75) is 5.92 Å². The van der Waals surface area contributed by atoms with Gasteiger partial charge in [0, 0.05) is 18.0 Å². The largest absolute Gasteiger partial charge is 0.462 e. The first-order chi connectivity index (χ1) is 16.3. The Morgan fingerprint density at radius 1 is 0.818 bits per heavy atom. The van der Waals surface area contributed by atoms with Crippen LogP contribution in [0.15, 0.2) is 114 Å². The molecule has 0 radical (unpaired) electrons. The molecule has 3 aromatic carbocycles. The van der Waals surface area contributed by atoms with Crippen LogP contribution in [0.3, 0.4) is 0 Å². The quantitative estimate of drug-likeness (QED) is 0.303. The van der Waals surface area contributed by atoms with E-state index >= 15 is 0 Å². The Bertz CT molecular complexity index is 1280. The summed E-state index contributed by atoms with van der Waals surface area (Å²) in [5, 5.41) is 3.85. The number of hydrogen-bond donors (Lipinski definition) is 1. The molecule has 0 bridgehead atoms. The van der Waals surface area contributed by atoms with Gasteiger partial charge in [0.05, 0.1) is 12.0 Å². The number of amides is 1. The summed E-state index contributed by atoms with van der Waals surface area (Å²) in [7, 11) is 0. The second-order valence-electron chi connectivity index (χ2n) is 7.62. The highest BCUT2D eigenvalue weighted by molar-refractivity contribution is 7.17. The highest BCUT2D eigenvalue weighted by Crippen LogP contribution is 2.34. The highest BCUT2D eigenvalue weighted by Gasteiger charge is 2.23. The third-order valence-corrected chi connectivity index (χ3v) is 6.55. The molecule has 0 saturated heterocycles. The molecule has 2 heterocycles. The van der Waals surface area contributed by atoms with Crippen LogP contribution in [-0.2, 0) is 0 Å². The van der Waals surface area contributed by atoms with Gasteiger partial charge in [0.2, 0.25) is 0 Å². The number of benzene rings is 3. The number of nitrogens with zero attached hydrogens (tertiary/aromatic N) is 1. The van der Waals surface area contributed by atoms with E-state index in [2.05, 4.69) is 29.6 Å². The third kappa shape index (κ3) is 4.64. The van der Waals surface area contributed by atoms with Crippen molar-refractivity contribution in [3.05, 3.63) is 125 Å². The number of thiazole rings is 1. The topological polar surface area (TPSA) is 55.1 Å². The zero-order valence-corrected chi connectivity index (χ0v) is 18.7. The maximum atomic E-state index is 13.4. The van der Waals surface area contributed by atoms with Crippen molar-refractivity contribution in [1.29, 1.82) is 0 Å². The SMILES string of the molecule is O=C(NCC(c1ccccc1)c1ccccc1)c1sc(-c2ccco2)nc1-c1ccccc1. The molecule has 5 rings (SSSR count). The van der Waals surface area contributed by atoms with E-state index in [9.17, 15) is 4.79 Å². The average Bonchev–Trinajstić information content (AvgIpc) is 3.56. The van der Waals surface area contributed by atoms with Crippen LogP contribution in [0.2, 0.25) is 0 Å². The normalized spacial score (nSPS) is 10.9. The van der Waals surface area contributed by atoms with Gasteiger partial charge in [-0.2, -0.15) is 0 Å².